The third-order valence-electron chi connectivity index (χ3n) is 3.43. The van der Waals surface area contributed by atoms with Crippen molar-refractivity contribution in [3.05, 3.63) is 41.6 Å². The second kappa shape index (κ2) is 4.99. The van der Waals surface area contributed by atoms with Gasteiger partial charge in [-0.15, -0.1) is 0 Å². The van der Waals surface area contributed by atoms with Gasteiger partial charge < -0.3 is 4.52 Å². The van der Waals surface area contributed by atoms with Crippen LogP contribution in [0.4, 0.5) is 0 Å². The van der Waals surface area contributed by atoms with Crippen LogP contribution in [-0.4, -0.2) is 30.5 Å². The minimum Gasteiger partial charge on any atom is -0.332 e. The molecule has 0 bridgehead atoms. The topological polar surface area (TPSA) is 117 Å². The average molecular weight is 303 g/mol. The first kappa shape index (κ1) is 13.1. The zero-order valence-corrected chi connectivity index (χ0v) is 12.0. The summed E-state index contributed by atoms with van der Waals surface area (Å²) in [6.07, 6.45) is 0. The number of benzene rings is 1. The molecule has 4 aromatic rings. The lowest BCUT2D eigenvalue weighted by atomic mass is 10.2. The van der Waals surface area contributed by atoms with Gasteiger partial charge in [0.1, 0.15) is 22.8 Å². The van der Waals surface area contributed by atoms with Gasteiger partial charge in [-0.25, -0.2) is 4.98 Å². The van der Waals surface area contributed by atoms with Crippen molar-refractivity contribution in [3.63, 3.8) is 0 Å². The summed E-state index contributed by atoms with van der Waals surface area (Å²) < 4.78 is 5.28. The van der Waals surface area contributed by atoms with Crippen molar-refractivity contribution >= 4 is 11.0 Å². The molecule has 3 heterocycles. The molecule has 8 heteroatoms. The molecule has 3 aromatic heterocycles. The van der Waals surface area contributed by atoms with Crippen LogP contribution in [0.2, 0.25) is 0 Å². The van der Waals surface area contributed by atoms with Crippen molar-refractivity contribution in [1.82, 2.24) is 30.5 Å². The van der Waals surface area contributed by atoms with Crippen molar-refractivity contribution in [2.45, 2.75) is 6.92 Å². The van der Waals surface area contributed by atoms with Gasteiger partial charge in [0.25, 0.3) is 5.89 Å². The number of fused-ring (bicyclic) bond motifs is 1. The summed E-state index contributed by atoms with van der Waals surface area (Å²) in [7, 11) is 0. The largest absolute Gasteiger partial charge is 0.332 e. The number of nitrogens with one attached hydrogen (secondary N) is 1. The molecular formula is C15H9N7O. The van der Waals surface area contributed by atoms with Crippen LogP contribution in [0.3, 0.4) is 0 Å². The van der Waals surface area contributed by atoms with E-state index in [9.17, 15) is 0 Å². The van der Waals surface area contributed by atoms with Gasteiger partial charge in [0.2, 0.25) is 5.82 Å². The van der Waals surface area contributed by atoms with Crippen LogP contribution in [-0.2, 0) is 0 Å². The number of H-pyrrole nitrogens is 1. The van der Waals surface area contributed by atoms with Gasteiger partial charge >= 0.3 is 0 Å². The second-order valence-electron chi connectivity index (χ2n) is 4.89. The average Bonchev–Trinajstić information content (AvgIpc) is 3.23. The first-order chi connectivity index (χ1) is 11.2. The van der Waals surface area contributed by atoms with Crippen LogP contribution in [0.5, 0.6) is 0 Å². The Bertz CT molecular complexity index is 1060. The van der Waals surface area contributed by atoms with Gasteiger partial charge in [-0.05, 0) is 37.3 Å². The van der Waals surface area contributed by atoms with Crippen LogP contribution in [0.25, 0.3) is 34.0 Å². The van der Waals surface area contributed by atoms with Gasteiger partial charge in [0.15, 0.2) is 0 Å². The molecule has 0 aliphatic carbocycles. The summed E-state index contributed by atoms with van der Waals surface area (Å²) in [6, 6.07) is 10.9. The van der Waals surface area contributed by atoms with Crippen LogP contribution in [0, 0.1) is 18.3 Å². The highest BCUT2D eigenvalue weighted by molar-refractivity contribution is 5.79. The Morgan fingerprint density at radius 3 is 2.78 bits per heavy atom. The van der Waals surface area contributed by atoms with Crippen molar-refractivity contribution < 1.29 is 4.52 Å². The number of nitriles is 1. The minimum atomic E-state index is 0.299. The molecule has 0 amide bonds. The Morgan fingerprint density at radius 1 is 1.09 bits per heavy atom. The highest BCUT2D eigenvalue weighted by Gasteiger charge is 2.13. The number of aromatic nitrogens is 6. The molecule has 0 spiro atoms. The Hall–Kier alpha value is -3.60. The van der Waals surface area contributed by atoms with Gasteiger partial charge in [-0.2, -0.15) is 25.7 Å². The summed E-state index contributed by atoms with van der Waals surface area (Å²) in [5.74, 6) is 0.738. The molecule has 0 saturated heterocycles. The van der Waals surface area contributed by atoms with Gasteiger partial charge in [0, 0.05) is 5.56 Å². The Labute approximate surface area is 129 Å². The predicted molar refractivity (Wildman–Crippen MR) is 79.9 cm³/mol. The van der Waals surface area contributed by atoms with Crippen LogP contribution < -0.4 is 0 Å². The van der Waals surface area contributed by atoms with Crippen LogP contribution in [0.1, 0.15) is 11.3 Å². The first-order valence-electron chi connectivity index (χ1n) is 6.77. The first-order valence-corrected chi connectivity index (χ1v) is 6.77. The number of hydrogen-bond acceptors (Lipinski definition) is 7. The zero-order chi connectivity index (χ0) is 15.8. The Balaban J connectivity index is 1.73. The summed E-state index contributed by atoms with van der Waals surface area (Å²) in [5.41, 5.74) is 3.93. The van der Waals surface area contributed by atoms with E-state index >= 15 is 0 Å². The Morgan fingerprint density at radius 2 is 1.96 bits per heavy atom. The number of hydrogen-bond donors (Lipinski definition) is 1. The fourth-order valence-corrected chi connectivity index (χ4v) is 2.22. The summed E-state index contributed by atoms with van der Waals surface area (Å²) >= 11 is 0. The molecule has 0 aliphatic rings. The van der Waals surface area contributed by atoms with Gasteiger partial charge in [0.05, 0.1) is 11.3 Å². The van der Waals surface area contributed by atoms with E-state index in [1.54, 1.807) is 19.1 Å². The molecule has 0 unspecified atom stereocenters. The molecule has 23 heavy (non-hydrogen) atoms. The maximum Gasteiger partial charge on any atom is 0.276 e. The SMILES string of the molecule is Cc1nc(-c2nc(-c3ccc4n[nH]nc4c3)no2)ccc1C#N. The molecule has 8 nitrogen and oxygen atoms in total. The van der Waals surface area contributed by atoms with Crippen molar-refractivity contribution in [3.8, 4) is 29.0 Å². The molecule has 0 radical (unpaired) electrons. The third kappa shape index (κ3) is 2.20. The van der Waals surface area contributed by atoms with Gasteiger partial charge in [-0.1, -0.05) is 5.16 Å². The standard InChI is InChI=1S/C15H9N7O/c1-8-10(7-16)3-5-12(17-8)15-18-14(21-23-15)9-2-4-11-13(6-9)20-22-19-11/h2-6H,1H3,(H,19,20,22). The Kier molecular flexibility index (Phi) is 2.84. The third-order valence-corrected chi connectivity index (χ3v) is 3.43. The maximum absolute atomic E-state index is 8.95. The lowest BCUT2D eigenvalue weighted by Gasteiger charge is -1.97. The van der Waals surface area contributed by atoms with E-state index in [2.05, 4.69) is 36.6 Å². The molecular weight excluding hydrogens is 294 g/mol. The second-order valence-corrected chi connectivity index (χ2v) is 4.89. The van der Waals surface area contributed by atoms with E-state index < -0.39 is 0 Å². The van der Waals surface area contributed by atoms with E-state index in [0.29, 0.717) is 28.7 Å². The van der Waals surface area contributed by atoms with E-state index in [0.717, 1.165) is 16.6 Å². The van der Waals surface area contributed by atoms with Crippen molar-refractivity contribution in [2.75, 3.05) is 0 Å². The predicted octanol–water partition coefficient (Wildman–Crippen LogP) is 2.25. The fourth-order valence-electron chi connectivity index (χ4n) is 2.22. The lowest BCUT2D eigenvalue weighted by Crippen LogP contribution is -1.91. The zero-order valence-electron chi connectivity index (χ0n) is 12.0. The fraction of sp³-hybridized carbons (Fsp3) is 0.0667. The molecule has 110 valence electrons. The molecule has 0 aliphatic heterocycles. The summed E-state index contributed by atoms with van der Waals surface area (Å²) in [5, 5.41) is 23.5. The maximum atomic E-state index is 8.95. The normalized spacial score (nSPS) is 10.8. The van der Waals surface area contributed by atoms with Crippen LogP contribution in [0.15, 0.2) is 34.9 Å². The highest BCUT2D eigenvalue weighted by Crippen LogP contribution is 2.23. The van der Waals surface area contributed by atoms with Crippen LogP contribution >= 0.6 is 0 Å². The lowest BCUT2D eigenvalue weighted by molar-refractivity contribution is 0.431. The summed E-state index contributed by atoms with van der Waals surface area (Å²) in [6.45, 7) is 1.76. The van der Waals surface area contributed by atoms with Crippen molar-refractivity contribution in [1.29, 1.82) is 5.26 Å². The van der Waals surface area contributed by atoms with E-state index in [1.165, 1.54) is 0 Å². The number of rotatable bonds is 2. The number of pyridine rings is 1. The summed E-state index contributed by atoms with van der Waals surface area (Å²) in [4.78, 5) is 8.67. The number of aryl methyl sites for hydroxylation is 1. The minimum absolute atomic E-state index is 0.299. The van der Waals surface area contributed by atoms with E-state index in [4.69, 9.17) is 9.78 Å². The molecule has 0 saturated carbocycles. The smallest absolute Gasteiger partial charge is 0.276 e. The monoisotopic (exact) mass is 303 g/mol. The van der Waals surface area contributed by atoms with Gasteiger partial charge in [-0.3, -0.25) is 0 Å². The molecule has 1 aromatic carbocycles. The highest BCUT2D eigenvalue weighted by atomic mass is 16.5. The van der Waals surface area contributed by atoms with E-state index in [-0.39, 0.29) is 0 Å². The molecule has 0 fully saturated rings. The molecule has 4 rings (SSSR count). The quantitative estimate of drug-likeness (QED) is 0.603. The molecule has 0 atom stereocenters. The number of aromatic amines is 1. The number of nitrogens with zero attached hydrogens (tertiary/aromatic N) is 6. The van der Waals surface area contributed by atoms with Crippen molar-refractivity contribution in [2.24, 2.45) is 0 Å². The molecule has 1 N–H and O–H groups in total. The van der Waals surface area contributed by atoms with E-state index in [1.807, 2.05) is 18.2 Å².